The van der Waals surface area contributed by atoms with Crippen LogP contribution in [0, 0.1) is 0 Å². The van der Waals surface area contributed by atoms with Gasteiger partial charge in [-0.05, 0) is 37.1 Å². The Labute approximate surface area is 186 Å². The van der Waals surface area contributed by atoms with Crippen LogP contribution in [-0.4, -0.2) is 69.8 Å². The van der Waals surface area contributed by atoms with Crippen molar-refractivity contribution in [1.29, 1.82) is 0 Å². The van der Waals surface area contributed by atoms with Gasteiger partial charge in [0.05, 0.1) is 17.2 Å². The minimum atomic E-state index is -0.107. The summed E-state index contributed by atoms with van der Waals surface area (Å²) >= 11 is 0. The molecule has 2 aliphatic rings. The molecule has 0 unspecified atom stereocenters. The first-order valence-electron chi connectivity index (χ1n) is 11.2. The van der Waals surface area contributed by atoms with Gasteiger partial charge in [-0.2, -0.15) is 0 Å². The van der Waals surface area contributed by atoms with Crippen LogP contribution in [-0.2, 0) is 11.3 Å². The number of hydrogen-bond donors (Lipinski definition) is 0. The Morgan fingerprint density at radius 2 is 1.50 bits per heavy atom. The molecule has 0 atom stereocenters. The zero-order chi connectivity index (χ0) is 21.9. The normalized spacial score (nSPS) is 16.7. The molecule has 166 valence electrons. The Kier molecular flexibility index (Phi) is 5.70. The third-order valence-electron chi connectivity index (χ3n) is 6.32. The summed E-state index contributed by atoms with van der Waals surface area (Å²) in [5.41, 5.74) is 0.567. The number of para-hydroxylation sites is 1. The molecule has 9 heteroatoms. The van der Waals surface area contributed by atoms with Gasteiger partial charge >= 0.3 is 0 Å². The molecule has 0 radical (unpaired) electrons. The Morgan fingerprint density at radius 3 is 2.19 bits per heavy atom. The molecule has 0 saturated carbocycles. The van der Waals surface area contributed by atoms with Gasteiger partial charge in [0.1, 0.15) is 0 Å². The molecule has 3 aromatic rings. The summed E-state index contributed by atoms with van der Waals surface area (Å²) in [5, 5.41) is 9.39. The summed E-state index contributed by atoms with van der Waals surface area (Å²) in [6.45, 7) is 5.16. The lowest BCUT2D eigenvalue weighted by atomic mass is 10.2. The van der Waals surface area contributed by atoms with Gasteiger partial charge < -0.3 is 14.7 Å². The Hall–Kier alpha value is -3.49. The second kappa shape index (κ2) is 8.94. The summed E-state index contributed by atoms with van der Waals surface area (Å²) in [4.78, 5) is 35.9. The van der Waals surface area contributed by atoms with Crippen LogP contribution in [0.25, 0.3) is 10.9 Å². The van der Waals surface area contributed by atoms with E-state index in [1.54, 1.807) is 6.07 Å². The number of aromatic nitrogens is 4. The maximum Gasteiger partial charge on any atom is 0.261 e. The molecule has 2 aliphatic heterocycles. The van der Waals surface area contributed by atoms with E-state index in [1.165, 1.54) is 23.7 Å². The molecule has 2 fully saturated rings. The number of piperazine rings is 1. The van der Waals surface area contributed by atoms with Crippen molar-refractivity contribution in [2.75, 3.05) is 49.1 Å². The first kappa shape index (κ1) is 20.4. The molecule has 2 aromatic heterocycles. The first-order chi connectivity index (χ1) is 15.7. The standard InChI is InChI=1S/C23H27N7O2/c31-22(9-12-30-17-24-19-6-2-1-5-18(19)23(30)32)29-15-13-28(14-16-29)21-8-7-20(25-26-21)27-10-3-4-11-27/h1-2,5-8,17H,3-4,9-16H2. The average molecular weight is 434 g/mol. The second-order valence-electron chi connectivity index (χ2n) is 8.32. The quantitative estimate of drug-likeness (QED) is 0.603. The molecule has 0 bridgehead atoms. The number of carbonyl (C=O) groups excluding carboxylic acids is 1. The first-order valence-corrected chi connectivity index (χ1v) is 11.2. The lowest BCUT2D eigenvalue weighted by molar-refractivity contribution is -0.131. The number of rotatable bonds is 5. The van der Waals surface area contributed by atoms with Crippen molar-refractivity contribution in [3.05, 3.63) is 53.1 Å². The molecule has 5 rings (SSSR count). The van der Waals surface area contributed by atoms with Crippen LogP contribution < -0.4 is 15.4 Å². The number of fused-ring (bicyclic) bond motifs is 1. The van der Waals surface area contributed by atoms with Crippen molar-refractivity contribution >= 4 is 28.4 Å². The molecule has 1 aromatic carbocycles. The van der Waals surface area contributed by atoms with Crippen LogP contribution in [0.5, 0.6) is 0 Å². The molecule has 9 nitrogen and oxygen atoms in total. The highest BCUT2D eigenvalue weighted by Gasteiger charge is 2.22. The smallest absolute Gasteiger partial charge is 0.261 e. The van der Waals surface area contributed by atoms with E-state index in [-0.39, 0.29) is 17.9 Å². The zero-order valence-electron chi connectivity index (χ0n) is 18.1. The molecule has 32 heavy (non-hydrogen) atoms. The largest absolute Gasteiger partial charge is 0.355 e. The lowest BCUT2D eigenvalue weighted by Crippen LogP contribution is -2.49. The highest BCUT2D eigenvalue weighted by molar-refractivity contribution is 5.77. The van der Waals surface area contributed by atoms with E-state index < -0.39 is 0 Å². The maximum atomic E-state index is 12.7. The Bertz CT molecular complexity index is 1150. The number of carbonyl (C=O) groups is 1. The zero-order valence-corrected chi connectivity index (χ0v) is 18.1. The van der Waals surface area contributed by atoms with Gasteiger partial charge in [0.2, 0.25) is 5.91 Å². The number of hydrogen-bond acceptors (Lipinski definition) is 7. The van der Waals surface area contributed by atoms with Crippen LogP contribution >= 0.6 is 0 Å². The fourth-order valence-corrected chi connectivity index (χ4v) is 4.43. The van der Waals surface area contributed by atoms with Crippen molar-refractivity contribution in [3.8, 4) is 0 Å². The maximum absolute atomic E-state index is 12.7. The highest BCUT2D eigenvalue weighted by atomic mass is 16.2. The fourth-order valence-electron chi connectivity index (χ4n) is 4.43. The van der Waals surface area contributed by atoms with Gasteiger partial charge in [-0.25, -0.2) is 4.98 Å². The second-order valence-corrected chi connectivity index (χ2v) is 8.32. The molecular weight excluding hydrogens is 406 g/mol. The monoisotopic (exact) mass is 433 g/mol. The minimum Gasteiger partial charge on any atom is -0.355 e. The van der Waals surface area contributed by atoms with Gasteiger partial charge in [0.15, 0.2) is 11.6 Å². The van der Waals surface area contributed by atoms with Crippen LogP contribution in [0.4, 0.5) is 11.6 Å². The summed E-state index contributed by atoms with van der Waals surface area (Å²) in [6.07, 6.45) is 4.24. The SMILES string of the molecule is O=C(CCn1cnc2ccccc2c1=O)N1CCN(c2ccc(N3CCCC3)nn2)CC1. The van der Waals surface area contributed by atoms with Crippen molar-refractivity contribution in [1.82, 2.24) is 24.6 Å². The summed E-state index contributed by atoms with van der Waals surface area (Å²) < 4.78 is 1.52. The van der Waals surface area contributed by atoms with E-state index in [9.17, 15) is 9.59 Å². The molecule has 0 aliphatic carbocycles. The van der Waals surface area contributed by atoms with E-state index in [2.05, 4.69) is 25.0 Å². The Balaban J connectivity index is 1.15. The predicted molar refractivity (Wildman–Crippen MR) is 123 cm³/mol. The lowest BCUT2D eigenvalue weighted by Gasteiger charge is -2.35. The van der Waals surface area contributed by atoms with Crippen molar-refractivity contribution in [2.45, 2.75) is 25.8 Å². The fraction of sp³-hybridized carbons (Fsp3) is 0.435. The summed E-state index contributed by atoms with van der Waals surface area (Å²) in [7, 11) is 0. The number of amides is 1. The topological polar surface area (TPSA) is 87.5 Å². The van der Waals surface area contributed by atoms with Crippen molar-refractivity contribution in [3.63, 3.8) is 0 Å². The van der Waals surface area contributed by atoms with E-state index in [0.29, 0.717) is 30.5 Å². The molecule has 4 heterocycles. The van der Waals surface area contributed by atoms with E-state index in [1.807, 2.05) is 35.2 Å². The molecule has 1 amide bonds. The number of anilines is 2. The predicted octanol–water partition coefficient (Wildman–Crippen LogP) is 1.53. The van der Waals surface area contributed by atoms with E-state index in [4.69, 9.17) is 0 Å². The number of aryl methyl sites for hydroxylation is 1. The van der Waals surface area contributed by atoms with Crippen molar-refractivity contribution < 1.29 is 4.79 Å². The van der Waals surface area contributed by atoms with Gasteiger partial charge in [-0.1, -0.05) is 12.1 Å². The Morgan fingerprint density at radius 1 is 0.844 bits per heavy atom. The molecule has 2 saturated heterocycles. The van der Waals surface area contributed by atoms with Gasteiger partial charge in [-0.3, -0.25) is 14.2 Å². The molecular formula is C23H27N7O2. The average Bonchev–Trinajstić information content (AvgIpc) is 3.39. The molecule has 0 N–H and O–H groups in total. The van der Waals surface area contributed by atoms with Crippen LogP contribution in [0.1, 0.15) is 19.3 Å². The van der Waals surface area contributed by atoms with Crippen LogP contribution in [0.3, 0.4) is 0 Å². The van der Waals surface area contributed by atoms with E-state index >= 15 is 0 Å². The van der Waals surface area contributed by atoms with Gasteiger partial charge in [0.25, 0.3) is 5.56 Å². The number of nitrogens with zero attached hydrogens (tertiary/aromatic N) is 7. The highest BCUT2D eigenvalue weighted by Crippen LogP contribution is 2.20. The van der Waals surface area contributed by atoms with Crippen LogP contribution in [0.2, 0.25) is 0 Å². The third-order valence-corrected chi connectivity index (χ3v) is 6.32. The summed E-state index contributed by atoms with van der Waals surface area (Å²) in [6, 6.07) is 11.3. The number of benzene rings is 1. The summed E-state index contributed by atoms with van der Waals surface area (Å²) in [5.74, 6) is 1.85. The van der Waals surface area contributed by atoms with Gasteiger partial charge in [-0.15, -0.1) is 10.2 Å². The van der Waals surface area contributed by atoms with Crippen molar-refractivity contribution in [2.24, 2.45) is 0 Å². The van der Waals surface area contributed by atoms with E-state index in [0.717, 1.165) is 37.8 Å². The minimum absolute atomic E-state index is 0.0557. The third kappa shape index (κ3) is 4.15. The van der Waals surface area contributed by atoms with Crippen LogP contribution in [0.15, 0.2) is 47.5 Å². The molecule has 0 spiro atoms. The van der Waals surface area contributed by atoms with Gasteiger partial charge in [0, 0.05) is 52.2 Å².